The third-order valence-electron chi connectivity index (χ3n) is 12.6. The number of methoxy groups -OCH3 is 2. The summed E-state index contributed by atoms with van der Waals surface area (Å²) < 4.78 is 9.67. The van der Waals surface area contributed by atoms with Crippen LogP contribution in [0.4, 0.5) is 9.59 Å². The maximum atomic E-state index is 14.2. The van der Waals surface area contributed by atoms with Crippen LogP contribution in [0.5, 0.6) is 0 Å². The summed E-state index contributed by atoms with van der Waals surface area (Å²) in [5.41, 5.74) is 5.87. The van der Waals surface area contributed by atoms with E-state index >= 15 is 0 Å². The lowest BCUT2D eigenvalue weighted by Gasteiger charge is -2.30. The van der Waals surface area contributed by atoms with Crippen LogP contribution in [0.1, 0.15) is 92.4 Å². The first-order valence-corrected chi connectivity index (χ1v) is 20.6. The third kappa shape index (κ3) is 7.56. The fourth-order valence-electron chi connectivity index (χ4n) is 9.02. The number of aromatic amines is 2. The van der Waals surface area contributed by atoms with Gasteiger partial charge in [-0.15, -0.1) is 0 Å². The molecule has 2 saturated heterocycles. The molecule has 5 aromatic rings. The Morgan fingerprint density at radius 2 is 1.55 bits per heavy atom. The molecule has 0 unspecified atom stereocenters. The molecule has 2 aromatic heterocycles. The summed E-state index contributed by atoms with van der Waals surface area (Å²) >= 11 is 0. The van der Waals surface area contributed by atoms with Crippen molar-refractivity contribution in [1.82, 2.24) is 40.4 Å². The van der Waals surface area contributed by atoms with Crippen LogP contribution < -0.4 is 10.6 Å². The molecule has 4 heterocycles. The lowest BCUT2D eigenvalue weighted by atomic mass is 10.0. The zero-order valence-corrected chi connectivity index (χ0v) is 34.0. The molecule has 4 fully saturated rings. The van der Waals surface area contributed by atoms with Crippen molar-refractivity contribution in [3.63, 3.8) is 0 Å². The number of hydrogen-bond acceptors (Lipinski definition) is 8. The molecule has 1 spiro atoms. The van der Waals surface area contributed by atoms with Gasteiger partial charge in [0, 0.05) is 23.7 Å². The smallest absolute Gasteiger partial charge is 0.407 e. The third-order valence-corrected chi connectivity index (χ3v) is 12.6. The van der Waals surface area contributed by atoms with E-state index in [2.05, 4.69) is 32.4 Å². The second kappa shape index (κ2) is 15.5. The fourth-order valence-corrected chi connectivity index (χ4v) is 9.02. The van der Waals surface area contributed by atoms with Crippen molar-refractivity contribution < 1.29 is 28.7 Å². The molecule has 0 bridgehead atoms. The summed E-state index contributed by atoms with van der Waals surface area (Å²) in [6.45, 7) is 4.48. The first-order valence-electron chi connectivity index (χ1n) is 20.6. The van der Waals surface area contributed by atoms with Crippen LogP contribution in [0.2, 0.25) is 0 Å². The number of alkyl carbamates (subject to hydrolysis) is 2. The number of piperidine rings is 1. The molecule has 14 nitrogen and oxygen atoms in total. The van der Waals surface area contributed by atoms with Crippen molar-refractivity contribution in [2.45, 2.75) is 76.2 Å². The molecule has 4 aliphatic rings. The molecule has 6 atom stereocenters. The van der Waals surface area contributed by atoms with E-state index in [1.54, 1.807) is 0 Å². The number of hydrogen-bond donors (Lipinski definition) is 4. The van der Waals surface area contributed by atoms with Crippen LogP contribution >= 0.6 is 0 Å². The SMILES string of the molecule is COC(=O)N[C@H](C(=O)N1CC2(CC2)C[C@H]1c1ncc(-c2ccc(C#Cc3ccc4nc([C@@H]5C[C@H]6C[C@H]6N5C(=O)[C@H](NC(=O)OC)c5ccccc5)[nH]c4c3)cc2)[nH]1)C(C)C. The standard InChI is InChI=1S/C46H48N8O6/c1-26(2)38(51-44(57)59-3)42(55)53-25-46(18-19-46)23-37(53)40-47-24-34(50-40)29-15-12-27(13-16-29)10-11-28-14-17-32-33(20-28)49-41(48-32)36-22-31-21-35(31)54(36)43(56)39(52-45(58)60-4)30-8-6-5-7-9-30/h5-9,12-17,20,24,26,31,35-39H,18-19,21-23,25H2,1-4H3,(H,47,50)(H,48,49)(H,51,57)(H,52,58)/t31-,35-,36+,37+,38+,39-/m1/s1. The molecule has 14 heteroatoms. The van der Waals surface area contributed by atoms with Crippen LogP contribution in [0.3, 0.4) is 0 Å². The molecule has 2 aliphatic heterocycles. The van der Waals surface area contributed by atoms with Crippen molar-refractivity contribution in [1.29, 1.82) is 0 Å². The van der Waals surface area contributed by atoms with E-state index in [-0.39, 0.29) is 41.3 Å². The topological polar surface area (TPSA) is 175 Å². The molecule has 308 valence electrons. The van der Waals surface area contributed by atoms with Gasteiger partial charge in [0.15, 0.2) is 0 Å². The number of benzene rings is 3. The number of nitrogens with zero attached hydrogens (tertiary/aromatic N) is 4. The number of nitrogens with one attached hydrogen (secondary N) is 4. The Kier molecular flexibility index (Phi) is 10.1. The monoisotopic (exact) mass is 808 g/mol. The van der Waals surface area contributed by atoms with Gasteiger partial charge >= 0.3 is 12.2 Å². The van der Waals surface area contributed by atoms with Crippen LogP contribution in [0, 0.1) is 29.1 Å². The first kappa shape index (κ1) is 38.9. The maximum Gasteiger partial charge on any atom is 0.407 e. The number of amides is 4. The minimum absolute atomic E-state index is 0.105. The predicted molar refractivity (Wildman–Crippen MR) is 222 cm³/mol. The molecule has 4 amide bonds. The Morgan fingerprint density at radius 1 is 0.833 bits per heavy atom. The van der Waals surface area contributed by atoms with Crippen molar-refractivity contribution in [2.24, 2.45) is 17.3 Å². The highest BCUT2D eigenvalue weighted by Gasteiger charge is 2.57. The first-order chi connectivity index (χ1) is 29.0. The number of ether oxygens (including phenoxy) is 2. The zero-order valence-electron chi connectivity index (χ0n) is 34.0. The number of carbonyl (C=O) groups is 4. The Morgan fingerprint density at radius 3 is 2.27 bits per heavy atom. The van der Waals surface area contributed by atoms with E-state index in [9.17, 15) is 19.2 Å². The molecule has 60 heavy (non-hydrogen) atoms. The molecule has 3 aromatic carbocycles. The number of likely N-dealkylation sites (tertiary alicyclic amines) is 2. The number of rotatable bonds is 9. The van der Waals surface area contributed by atoms with Crippen molar-refractivity contribution >= 4 is 35.0 Å². The lowest BCUT2D eigenvalue weighted by Crippen LogP contribution is -2.51. The Labute approximate surface area is 347 Å². The van der Waals surface area contributed by atoms with Gasteiger partial charge < -0.3 is 39.9 Å². The van der Waals surface area contributed by atoms with Gasteiger partial charge in [0.05, 0.1) is 49.2 Å². The number of aromatic nitrogens is 4. The molecule has 4 N–H and O–H groups in total. The normalized spacial score (nSPS) is 21.8. The van der Waals surface area contributed by atoms with Crippen molar-refractivity contribution in [3.05, 3.63) is 107 Å². The summed E-state index contributed by atoms with van der Waals surface area (Å²) in [6.07, 6.45) is 5.24. The largest absolute Gasteiger partial charge is 0.453 e. The molecule has 9 rings (SSSR count). The van der Waals surface area contributed by atoms with E-state index in [1.807, 2.05) is 103 Å². The van der Waals surface area contributed by atoms with Gasteiger partial charge in [0.25, 0.3) is 5.91 Å². The fraction of sp³-hybridized carbons (Fsp3) is 0.391. The lowest BCUT2D eigenvalue weighted by molar-refractivity contribution is -0.136. The second-order valence-electron chi connectivity index (χ2n) is 16.9. The minimum atomic E-state index is -0.880. The summed E-state index contributed by atoms with van der Waals surface area (Å²) in [5.74, 6) is 8.00. The van der Waals surface area contributed by atoms with Crippen LogP contribution in [-0.4, -0.2) is 86.6 Å². The molecular weight excluding hydrogens is 761 g/mol. The highest BCUT2D eigenvalue weighted by atomic mass is 16.5. The second-order valence-corrected chi connectivity index (χ2v) is 16.9. The van der Waals surface area contributed by atoms with E-state index < -0.39 is 24.3 Å². The number of carbonyl (C=O) groups excluding carboxylic acids is 4. The van der Waals surface area contributed by atoms with Crippen LogP contribution in [0.15, 0.2) is 79.0 Å². The van der Waals surface area contributed by atoms with Gasteiger partial charge in [-0.2, -0.15) is 0 Å². The van der Waals surface area contributed by atoms with Crippen LogP contribution in [-0.2, 0) is 19.1 Å². The van der Waals surface area contributed by atoms with Crippen molar-refractivity contribution in [3.8, 4) is 23.1 Å². The molecule has 2 aliphatic carbocycles. The maximum absolute atomic E-state index is 14.2. The van der Waals surface area contributed by atoms with Crippen molar-refractivity contribution in [2.75, 3.05) is 20.8 Å². The molecule has 0 radical (unpaired) electrons. The average Bonchev–Trinajstić information content (AvgIpc) is 3.88. The van der Waals surface area contributed by atoms with E-state index in [0.29, 0.717) is 23.9 Å². The van der Waals surface area contributed by atoms with Gasteiger partial charge in [0.2, 0.25) is 5.91 Å². The highest BCUT2D eigenvalue weighted by molar-refractivity contribution is 5.89. The summed E-state index contributed by atoms with van der Waals surface area (Å²) in [4.78, 5) is 72.8. The predicted octanol–water partition coefficient (Wildman–Crippen LogP) is 6.55. The van der Waals surface area contributed by atoms with Gasteiger partial charge in [0.1, 0.15) is 23.7 Å². The Balaban J connectivity index is 0.888. The number of H-pyrrole nitrogens is 2. The van der Waals surface area contributed by atoms with Gasteiger partial charge in [-0.1, -0.05) is 68.2 Å². The van der Waals surface area contributed by atoms with Gasteiger partial charge in [-0.05, 0) is 90.8 Å². The summed E-state index contributed by atoms with van der Waals surface area (Å²) in [6, 6.07) is 21.1. The van der Waals surface area contributed by atoms with Gasteiger partial charge in [-0.3, -0.25) is 9.59 Å². The molecule has 2 saturated carbocycles. The zero-order chi connectivity index (χ0) is 41.7. The number of imidazole rings is 2. The summed E-state index contributed by atoms with van der Waals surface area (Å²) in [7, 11) is 2.59. The minimum Gasteiger partial charge on any atom is -0.453 e. The van der Waals surface area contributed by atoms with Crippen LogP contribution in [0.25, 0.3) is 22.3 Å². The van der Waals surface area contributed by atoms with E-state index in [4.69, 9.17) is 19.4 Å². The van der Waals surface area contributed by atoms with E-state index in [0.717, 1.165) is 71.3 Å². The molecular formula is C46H48N8O6. The van der Waals surface area contributed by atoms with Gasteiger partial charge in [-0.25, -0.2) is 19.6 Å². The van der Waals surface area contributed by atoms with E-state index in [1.165, 1.54) is 14.2 Å². The average molecular weight is 809 g/mol. The Bertz CT molecular complexity index is 2520. The highest BCUT2D eigenvalue weighted by Crippen LogP contribution is 2.58. The summed E-state index contributed by atoms with van der Waals surface area (Å²) in [5, 5.41) is 5.48. The quantitative estimate of drug-likeness (QED) is 0.121. The number of fused-ring (bicyclic) bond motifs is 2. The Hall–Kier alpha value is -6.62.